The van der Waals surface area contributed by atoms with Crippen LogP contribution in [-0.4, -0.2) is 24.9 Å². The van der Waals surface area contributed by atoms with Gasteiger partial charge in [-0.15, -0.1) is 0 Å². The Morgan fingerprint density at radius 1 is 1.32 bits per heavy atom. The van der Waals surface area contributed by atoms with E-state index in [1.807, 2.05) is 38.1 Å². The van der Waals surface area contributed by atoms with E-state index in [9.17, 15) is 0 Å². The van der Waals surface area contributed by atoms with E-state index in [-0.39, 0.29) is 12.1 Å². The summed E-state index contributed by atoms with van der Waals surface area (Å²) in [5, 5.41) is 8.31. The summed E-state index contributed by atoms with van der Waals surface area (Å²) in [5.74, 6) is 0.697. The molecule has 0 saturated carbocycles. The number of hydrogen-bond acceptors (Lipinski definition) is 5. The van der Waals surface area contributed by atoms with E-state index in [4.69, 9.17) is 14.0 Å². The molecule has 1 saturated heterocycles. The first-order chi connectivity index (χ1) is 10.7. The van der Waals surface area contributed by atoms with Crippen molar-refractivity contribution in [1.29, 1.82) is 0 Å². The summed E-state index contributed by atoms with van der Waals surface area (Å²) in [5.41, 5.74) is 2.63. The highest BCUT2D eigenvalue weighted by Gasteiger charge is 2.34. The smallest absolute Gasteiger partial charge is 0.201 e. The van der Waals surface area contributed by atoms with Gasteiger partial charge in [0.1, 0.15) is 11.3 Å². The van der Waals surface area contributed by atoms with Crippen LogP contribution in [-0.2, 0) is 9.47 Å². The maximum absolute atomic E-state index is 6.19. The molecule has 1 N–H and O–H groups in total. The fourth-order valence-corrected chi connectivity index (χ4v) is 2.73. The van der Waals surface area contributed by atoms with Gasteiger partial charge in [-0.05, 0) is 25.5 Å². The molecule has 0 radical (unpaired) electrons. The number of methoxy groups -OCH3 is 1. The molecule has 5 nitrogen and oxygen atoms in total. The lowest BCUT2D eigenvalue weighted by molar-refractivity contribution is 0.118. The van der Waals surface area contributed by atoms with Crippen LogP contribution in [0.4, 0.5) is 0 Å². The van der Waals surface area contributed by atoms with Gasteiger partial charge in [0.05, 0.1) is 18.3 Å². The van der Waals surface area contributed by atoms with Gasteiger partial charge in [-0.1, -0.05) is 35.5 Å². The normalized spacial score (nSPS) is 24.2. The Morgan fingerprint density at radius 2 is 2.09 bits per heavy atom. The second kappa shape index (κ2) is 6.23. The van der Waals surface area contributed by atoms with E-state index >= 15 is 0 Å². The molecule has 1 aliphatic rings. The van der Waals surface area contributed by atoms with Crippen molar-refractivity contribution in [1.82, 2.24) is 10.5 Å². The van der Waals surface area contributed by atoms with E-state index in [2.05, 4.69) is 22.6 Å². The molecule has 5 heteroatoms. The topological polar surface area (TPSA) is 56.5 Å². The highest BCUT2D eigenvalue weighted by molar-refractivity contribution is 5.42. The van der Waals surface area contributed by atoms with Gasteiger partial charge >= 0.3 is 0 Å². The molecule has 0 aliphatic carbocycles. The van der Waals surface area contributed by atoms with Crippen molar-refractivity contribution in [2.75, 3.05) is 13.7 Å². The minimum Gasteiger partial charge on any atom is -0.468 e. The van der Waals surface area contributed by atoms with E-state index in [0.29, 0.717) is 17.9 Å². The molecule has 1 aromatic heterocycles. The number of aromatic nitrogens is 1. The van der Waals surface area contributed by atoms with Crippen molar-refractivity contribution >= 4 is 12.0 Å². The van der Waals surface area contributed by atoms with Gasteiger partial charge in [-0.2, -0.15) is 0 Å². The van der Waals surface area contributed by atoms with Crippen molar-refractivity contribution < 1.29 is 14.0 Å². The first-order valence-corrected chi connectivity index (χ1v) is 7.34. The minimum atomic E-state index is -0.102. The van der Waals surface area contributed by atoms with Gasteiger partial charge in [0, 0.05) is 7.11 Å². The predicted octanol–water partition coefficient (Wildman–Crippen LogP) is 1.23. The zero-order chi connectivity index (χ0) is 15.5. The number of hydrogen-bond donors (Lipinski definition) is 1. The monoisotopic (exact) mass is 300 g/mol. The van der Waals surface area contributed by atoms with E-state index in [1.54, 1.807) is 7.11 Å². The summed E-state index contributed by atoms with van der Waals surface area (Å²) < 4.78 is 16.8. The first kappa shape index (κ1) is 14.7. The molecule has 1 aromatic carbocycles. The lowest BCUT2D eigenvalue weighted by Gasteiger charge is -2.16. The quantitative estimate of drug-likeness (QED) is 0.924. The third kappa shape index (κ3) is 2.60. The standard InChI is InChI=1S/C17H20N2O3/c1-4-14-15(11(2)19-22-14)17-18-13(10-20-3)16(21-17)12-8-6-5-7-9-12/h4-9,13,16,18H,10H2,1-3H3/b14-4-,17-15-/t13-,16-/m0/s1. The Kier molecular flexibility index (Phi) is 4.15. The number of rotatable bonds is 3. The van der Waals surface area contributed by atoms with Crippen LogP contribution in [0.3, 0.4) is 0 Å². The lowest BCUT2D eigenvalue weighted by Crippen LogP contribution is -2.34. The second-order valence-corrected chi connectivity index (χ2v) is 5.28. The highest BCUT2D eigenvalue weighted by Crippen LogP contribution is 2.30. The van der Waals surface area contributed by atoms with Crippen LogP contribution in [0, 0.1) is 6.92 Å². The molecule has 22 heavy (non-hydrogen) atoms. The van der Waals surface area contributed by atoms with Crippen LogP contribution in [0.15, 0.2) is 34.9 Å². The SMILES string of the molecule is C/C=c1\onc(C)\c1=C1/N[C@@H](COC)[C@H](c2ccccc2)O1. The average molecular weight is 300 g/mol. The first-order valence-electron chi connectivity index (χ1n) is 7.34. The predicted molar refractivity (Wildman–Crippen MR) is 83.1 cm³/mol. The molecular formula is C17H20N2O3. The maximum Gasteiger partial charge on any atom is 0.201 e. The molecule has 2 aromatic rings. The van der Waals surface area contributed by atoms with Crippen molar-refractivity contribution in [3.63, 3.8) is 0 Å². The largest absolute Gasteiger partial charge is 0.468 e. The van der Waals surface area contributed by atoms with Gasteiger partial charge in [-0.3, -0.25) is 0 Å². The zero-order valence-corrected chi connectivity index (χ0v) is 13.0. The summed E-state index contributed by atoms with van der Waals surface area (Å²) in [7, 11) is 1.69. The molecule has 3 rings (SSSR count). The Bertz CT molecular complexity index is 752. The van der Waals surface area contributed by atoms with Gasteiger partial charge in [0.15, 0.2) is 5.42 Å². The molecular weight excluding hydrogens is 280 g/mol. The van der Waals surface area contributed by atoms with Crippen LogP contribution >= 0.6 is 0 Å². The highest BCUT2D eigenvalue weighted by atomic mass is 16.5. The summed E-state index contributed by atoms with van der Waals surface area (Å²) in [6, 6.07) is 10.2. The molecule has 0 spiro atoms. The maximum atomic E-state index is 6.19. The molecule has 116 valence electrons. The Hall–Kier alpha value is -2.27. The Labute approximate surface area is 129 Å². The third-order valence-corrected chi connectivity index (χ3v) is 3.78. The summed E-state index contributed by atoms with van der Waals surface area (Å²) >= 11 is 0. The number of benzene rings is 1. The van der Waals surface area contributed by atoms with Gasteiger partial charge in [-0.25, -0.2) is 0 Å². The van der Waals surface area contributed by atoms with E-state index in [1.165, 1.54) is 0 Å². The van der Waals surface area contributed by atoms with Crippen molar-refractivity contribution in [2.45, 2.75) is 26.0 Å². The molecule has 2 heterocycles. The minimum absolute atomic E-state index is 0.0430. The molecule has 0 amide bonds. The van der Waals surface area contributed by atoms with Gasteiger partial charge in [0.25, 0.3) is 0 Å². The number of nitrogens with one attached hydrogen (secondary N) is 1. The van der Waals surface area contributed by atoms with Crippen molar-refractivity contribution in [2.24, 2.45) is 0 Å². The van der Waals surface area contributed by atoms with Crippen LogP contribution in [0.25, 0.3) is 12.0 Å². The van der Waals surface area contributed by atoms with Crippen LogP contribution in [0.2, 0.25) is 0 Å². The Balaban J connectivity index is 2.06. The van der Waals surface area contributed by atoms with Crippen LogP contribution < -0.4 is 16.0 Å². The fourth-order valence-electron chi connectivity index (χ4n) is 2.73. The lowest BCUT2D eigenvalue weighted by atomic mass is 10.0. The van der Waals surface area contributed by atoms with E-state index < -0.39 is 0 Å². The number of ether oxygens (including phenoxy) is 2. The molecule has 0 bridgehead atoms. The van der Waals surface area contributed by atoms with Gasteiger partial charge in [0.2, 0.25) is 5.88 Å². The zero-order valence-electron chi connectivity index (χ0n) is 13.0. The summed E-state index contributed by atoms with van der Waals surface area (Å²) in [6.45, 7) is 4.38. The summed E-state index contributed by atoms with van der Waals surface area (Å²) in [4.78, 5) is 0. The average Bonchev–Trinajstić information content (AvgIpc) is 3.12. The van der Waals surface area contributed by atoms with Crippen molar-refractivity contribution in [3.05, 3.63) is 52.2 Å². The third-order valence-electron chi connectivity index (χ3n) is 3.78. The molecule has 1 fully saturated rings. The fraction of sp³-hybridized carbons (Fsp3) is 0.353. The number of aryl methyl sites for hydroxylation is 1. The molecule has 2 atom stereocenters. The van der Waals surface area contributed by atoms with Crippen LogP contribution in [0.5, 0.6) is 0 Å². The molecule has 1 aliphatic heterocycles. The molecule has 0 unspecified atom stereocenters. The second-order valence-electron chi connectivity index (χ2n) is 5.28. The Morgan fingerprint density at radius 3 is 2.77 bits per heavy atom. The van der Waals surface area contributed by atoms with Crippen molar-refractivity contribution in [3.8, 4) is 0 Å². The van der Waals surface area contributed by atoms with E-state index in [0.717, 1.165) is 16.5 Å². The van der Waals surface area contributed by atoms with Crippen LogP contribution in [0.1, 0.15) is 24.3 Å². The number of nitrogens with zero attached hydrogens (tertiary/aromatic N) is 1. The van der Waals surface area contributed by atoms with Gasteiger partial charge < -0.3 is 19.3 Å². The summed E-state index contributed by atoms with van der Waals surface area (Å²) in [6.07, 6.45) is 1.78.